The quantitative estimate of drug-likeness (QED) is 0.327. The molecule has 0 saturated heterocycles. The van der Waals surface area contributed by atoms with E-state index >= 15 is 0 Å². The number of hydrazone groups is 1. The predicted octanol–water partition coefficient (Wildman–Crippen LogP) is 2.08. The first-order valence-corrected chi connectivity index (χ1v) is 10.6. The molecule has 0 radical (unpaired) electrons. The van der Waals surface area contributed by atoms with E-state index in [1.807, 2.05) is 0 Å². The molecular weight excluding hydrogens is 428 g/mol. The number of ether oxygens (including phenoxy) is 3. The van der Waals surface area contributed by atoms with Gasteiger partial charge in [0.05, 0.1) is 33.7 Å². The van der Waals surface area contributed by atoms with E-state index in [0.717, 1.165) is 25.7 Å². The summed E-state index contributed by atoms with van der Waals surface area (Å²) in [5.41, 5.74) is 3.24. The molecule has 0 atom stereocenters. The van der Waals surface area contributed by atoms with Crippen LogP contribution in [0.1, 0.15) is 37.3 Å². The van der Waals surface area contributed by atoms with Gasteiger partial charge in [0.1, 0.15) is 5.52 Å². The molecule has 0 unspecified atom stereocenters. The van der Waals surface area contributed by atoms with Gasteiger partial charge in [-0.15, -0.1) is 0 Å². The Bertz CT molecular complexity index is 1300. The zero-order chi connectivity index (χ0) is 23.5. The van der Waals surface area contributed by atoms with Crippen molar-refractivity contribution in [1.82, 2.24) is 19.1 Å². The highest BCUT2D eigenvalue weighted by Gasteiger charge is 2.23. The van der Waals surface area contributed by atoms with Crippen molar-refractivity contribution >= 4 is 23.3 Å². The molecule has 1 aliphatic carbocycles. The number of rotatable bonds is 7. The molecule has 1 saturated carbocycles. The minimum absolute atomic E-state index is 0.0422. The summed E-state index contributed by atoms with van der Waals surface area (Å²) < 4.78 is 18.8. The number of nitrogens with one attached hydrogen (secondary N) is 1. The van der Waals surface area contributed by atoms with Crippen LogP contribution in [0.15, 0.2) is 33.0 Å². The molecule has 3 aromatic rings. The lowest BCUT2D eigenvalue weighted by molar-refractivity contribution is 0.324. The molecule has 11 nitrogen and oxygen atoms in total. The fourth-order valence-electron chi connectivity index (χ4n) is 4.13. The van der Waals surface area contributed by atoms with E-state index in [1.165, 1.54) is 36.7 Å². The summed E-state index contributed by atoms with van der Waals surface area (Å²) >= 11 is 0. The first-order valence-electron chi connectivity index (χ1n) is 10.6. The highest BCUT2D eigenvalue weighted by molar-refractivity contribution is 5.83. The van der Waals surface area contributed by atoms with Gasteiger partial charge in [-0.25, -0.2) is 10.4 Å². The van der Waals surface area contributed by atoms with Crippen LogP contribution >= 0.6 is 0 Å². The molecule has 2 heterocycles. The molecule has 4 rings (SSSR count). The molecule has 0 bridgehead atoms. The van der Waals surface area contributed by atoms with E-state index in [-0.39, 0.29) is 12.0 Å². The summed E-state index contributed by atoms with van der Waals surface area (Å²) in [6.07, 6.45) is 6.80. The van der Waals surface area contributed by atoms with Crippen LogP contribution in [0.4, 0.5) is 5.95 Å². The molecule has 1 N–H and O–H groups in total. The van der Waals surface area contributed by atoms with Crippen LogP contribution in [-0.2, 0) is 7.05 Å². The lowest BCUT2D eigenvalue weighted by Crippen LogP contribution is -2.42. The van der Waals surface area contributed by atoms with E-state index in [1.54, 1.807) is 25.4 Å². The summed E-state index contributed by atoms with van der Waals surface area (Å²) in [7, 11) is 6.16. The lowest BCUT2D eigenvalue weighted by Gasteiger charge is -2.17. The summed E-state index contributed by atoms with van der Waals surface area (Å²) in [5, 5.41) is 4.21. The first-order chi connectivity index (χ1) is 16.0. The van der Waals surface area contributed by atoms with E-state index < -0.39 is 11.1 Å². The average molecular weight is 454 g/mol. The zero-order valence-corrected chi connectivity index (χ0v) is 19.0. The van der Waals surface area contributed by atoms with Gasteiger partial charge in [0.25, 0.3) is 0 Å². The van der Waals surface area contributed by atoms with Crippen LogP contribution in [-0.4, -0.2) is 46.6 Å². The van der Waals surface area contributed by atoms with Crippen molar-refractivity contribution in [2.45, 2.75) is 31.7 Å². The van der Waals surface area contributed by atoms with Gasteiger partial charge in [0.15, 0.2) is 17.1 Å². The second kappa shape index (κ2) is 9.31. The summed E-state index contributed by atoms with van der Waals surface area (Å²) in [6.45, 7) is 0. The highest BCUT2D eigenvalue weighted by Crippen LogP contribution is 2.37. The highest BCUT2D eigenvalue weighted by atomic mass is 16.5. The normalized spacial score (nSPS) is 14.2. The fraction of sp³-hybridized carbons (Fsp3) is 0.409. The number of benzene rings is 1. The van der Waals surface area contributed by atoms with E-state index in [9.17, 15) is 9.59 Å². The number of hydrogen-bond donors (Lipinski definition) is 1. The maximum Gasteiger partial charge on any atom is 0.318 e. The van der Waals surface area contributed by atoms with Crippen molar-refractivity contribution in [3.05, 3.63) is 44.6 Å². The van der Waals surface area contributed by atoms with Crippen molar-refractivity contribution < 1.29 is 14.2 Å². The monoisotopic (exact) mass is 454 g/mol. The van der Waals surface area contributed by atoms with Crippen LogP contribution in [0.2, 0.25) is 0 Å². The third-order valence-corrected chi connectivity index (χ3v) is 5.80. The summed E-state index contributed by atoms with van der Waals surface area (Å²) in [4.78, 5) is 33.9. The molecule has 0 spiro atoms. The number of fused-ring (bicyclic) bond motifs is 1. The standard InChI is InChI=1S/C22H26N6O5/c1-27-15-12-23-22(25-19(15)28(21(30)20(27)29)14-7-5-6-8-14)26-24-11-13-9-16(31-2)18(33-4)17(10-13)32-3/h9-12,14H,5-8H2,1-4H3,(H,23,25,26). The second-order valence-corrected chi connectivity index (χ2v) is 7.71. The van der Waals surface area contributed by atoms with E-state index in [4.69, 9.17) is 14.2 Å². The molecule has 11 heteroatoms. The Labute approximate surface area is 189 Å². The van der Waals surface area contributed by atoms with Crippen molar-refractivity contribution in [1.29, 1.82) is 0 Å². The third kappa shape index (κ3) is 4.13. The maximum atomic E-state index is 12.8. The number of aryl methyl sites for hydroxylation is 1. The van der Waals surface area contributed by atoms with Gasteiger partial charge in [-0.1, -0.05) is 12.8 Å². The Morgan fingerprint density at radius 2 is 1.73 bits per heavy atom. The van der Waals surface area contributed by atoms with Gasteiger partial charge in [0.2, 0.25) is 11.7 Å². The molecular formula is C22H26N6O5. The number of methoxy groups -OCH3 is 3. The topological polar surface area (TPSA) is 122 Å². The molecule has 174 valence electrons. The summed E-state index contributed by atoms with van der Waals surface area (Å²) in [6, 6.07) is 3.46. The first kappa shape index (κ1) is 22.3. The second-order valence-electron chi connectivity index (χ2n) is 7.71. The Hall–Kier alpha value is -3.89. The van der Waals surface area contributed by atoms with Crippen LogP contribution in [0.5, 0.6) is 17.2 Å². The van der Waals surface area contributed by atoms with Crippen LogP contribution in [0.25, 0.3) is 11.2 Å². The van der Waals surface area contributed by atoms with Gasteiger partial charge < -0.3 is 18.8 Å². The van der Waals surface area contributed by atoms with Crippen molar-refractivity contribution in [2.24, 2.45) is 12.1 Å². The number of anilines is 1. The average Bonchev–Trinajstić information content (AvgIpc) is 3.36. The van der Waals surface area contributed by atoms with E-state index in [2.05, 4.69) is 20.5 Å². The lowest BCUT2D eigenvalue weighted by atomic mass is 10.2. The van der Waals surface area contributed by atoms with Gasteiger partial charge in [-0.2, -0.15) is 10.1 Å². The van der Waals surface area contributed by atoms with Gasteiger partial charge >= 0.3 is 11.1 Å². The van der Waals surface area contributed by atoms with Crippen molar-refractivity contribution in [3.8, 4) is 17.2 Å². The predicted molar refractivity (Wildman–Crippen MR) is 124 cm³/mol. The Morgan fingerprint density at radius 3 is 2.33 bits per heavy atom. The van der Waals surface area contributed by atoms with Gasteiger partial charge in [0, 0.05) is 18.7 Å². The van der Waals surface area contributed by atoms with Crippen LogP contribution in [0, 0.1) is 0 Å². The number of nitrogens with zero attached hydrogens (tertiary/aromatic N) is 5. The van der Waals surface area contributed by atoms with Crippen molar-refractivity contribution in [3.63, 3.8) is 0 Å². The molecule has 0 amide bonds. The molecule has 1 aliphatic rings. The Balaban J connectivity index is 1.68. The molecule has 2 aromatic heterocycles. The minimum atomic E-state index is -0.584. The largest absolute Gasteiger partial charge is 0.493 e. The van der Waals surface area contributed by atoms with Gasteiger partial charge in [-0.3, -0.25) is 14.2 Å². The maximum absolute atomic E-state index is 12.8. The molecule has 33 heavy (non-hydrogen) atoms. The SMILES string of the molecule is COc1cc(C=NNc2ncc3c(n2)n(C2CCCC2)c(=O)c(=O)n3C)cc(OC)c1OC. The Kier molecular flexibility index (Phi) is 6.29. The number of hydrogen-bond acceptors (Lipinski definition) is 9. The minimum Gasteiger partial charge on any atom is -0.493 e. The van der Waals surface area contributed by atoms with Crippen molar-refractivity contribution in [2.75, 3.05) is 26.8 Å². The van der Waals surface area contributed by atoms with Crippen LogP contribution in [0.3, 0.4) is 0 Å². The smallest absolute Gasteiger partial charge is 0.318 e. The molecule has 1 aromatic carbocycles. The fourth-order valence-corrected chi connectivity index (χ4v) is 4.13. The molecule has 0 aliphatic heterocycles. The zero-order valence-electron chi connectivity index (χ0n) is 19.0. The van der Waals surface area contributed by atoms with E-state index in [0.29, 0.717) is 34.0 Å². The van der Waals surface area contributed by atoms with Crippen LogP contribution < -0.4 is 30.8 Å². The summed E-state index contributed by atoms with van der Waals surface area (Å²) in [5.74, 6) is 1.69. The third-order valence-electron chi connectivity index (χ3n) is 5.80. The molecule has 1 fully saturated rings. The number of aromatic nitrogens is 4. The van der Waals surface area contributed by atoms with Gasteiger partial charge in [-0.05, 0) is 25.0 Å². The Morgan fingerprint density at radius 1 is 1.06 bits per heavy atom.